The lowest BCUT2D eigenvalue weighted by Crippen LogP contribution is -2.45. The first-order chi connectivity index (χ1) is 15.2. The van der Waals surface area contributed by atoms with Crippen LogP contribution in [-0.4, -0.2) is 42.3 Å². The van der Waals surface area contributed by atoms with Crippen molar-refractivity contribution in [2.45, 2.75) is 50.6 Å². The molecule has 5 rings (SSSR count). The zero-order valence-electron chi connectivity index (χ0n) is 17.8. The zero-order valence-corrected chi connectivity index (χ0v) is 17.8. The predicted octanol–water partition coefficient (Wildman–Crippen LogP) is 5.05. The van der Waals surface area contributed by atoms with Crippen LogP contribution in [0.4, 0.5) is 4.79 Å². The van der Waals surface area contributed by atoms with Gasteiger partial charge >= 0.3 is 12.1 Å². The lowest BCUT2D eigenvalue weighted by molar-refractivity contribution is -0.137. The molecule has 0 spiro atoms. The van der Waals surface area contributed by atoms with Gasteiger partial charge in [-0.25, -0.2) is 9.59 Å². The molecule has 2 bridgehead atoms. The number of fused-ring (bicyclic) bond motifs is 5. The molecule has 5 heteroatoms. The van der Waals surface area contributed by atoms with E-state index < -0.39 is 0 Å². The molecule has 2 aliphatic heterocycles. The molecule has 31 heavy (non-hydrogen) atoms. The lowest BCUT2D eigenvalue weighted by Gasteiger charge is -2.35. The number of rotatable bonds is 4. The molecule has 5 nitrogen and oxygen atoms in total. The van der Waals surface area contributed by atoms with Crippen LogP contribution in [0.15, 0.2) is 60.2 Å². The minimum Gasteiger partial charge on any atom is -0.463 e. The first-order valence-corrected chi connectivity index (χ1v) is 11.1. The topological polar surface area (TPSA) is 55.8 Å². The highest BCUT2D eigenvalue weighted by Crippen LogP contribution is 2.45. The predicted molar refractivity (Wildman–Crippen MR) is 118 cm³/mol. The van der Waals surface area contributed by atoms with Crippen LogP contribution in [0.25, 0.3) is 11.1 Å². The second-order valence-corrected chi connectivity index (χ2v) is 8.56. The summed E-state index contributed by atoms with van der Waals surface area (Å²) in [5.41, 5.74) is 5.97. The van der Waals surface area contributed by atoms with Gasteiger partial charge in [0.25, 0.3) is 0 Å². The second-order valence-electron chi connectivity index (χ2n) is 8.56. The molecular formula is C26H27NO4. The van der Waals surface area contributed by atoms with E-state index in [2.05, 4.69) is 36.4 Å². The van der Waals surface area contributed by atoms with Crippen LogP contribution < -0.4 is 0 Å². The maximum absolute atomic E-state index is 13.1. The minimum absolute atomic E-state index is 0.0677. The Bertz CT molecular complexity index is 982. The van der Waals surface area contributed by atoms with Crippen molar-refractivity contribution in [1.82, 2.24) is 4.90 Å². The third-order valence-electron chi connectivity index (χ3n) is 6.77. The highest BCUT2D eigenvalue weighted by atomic mass is 16.6. The Morgan fingerprint density at radius 1 is 0.935 bits per heavy atom. The smallest absolute Gasteiger partial charge is 0.410 e. The van der Waals surface area contributed by atoms with Gasteiger partial charge in [0.2, 0.25) is 0 Å². The van der Waals surface area contributed by atoms with E-state index in [1.807, 2.05) is 17.0 Å². The van der Waals surface area contributed by atoms with E-state index in [-0.39, 0.29) is 30.1 Å². The summed E-state index contributed by atoms with van der Waals surface area (Å²) in [5, 5.41) is 0. The molecule has 160 valence electrons. The van der Waals surface area contributed by atoms with Gasteiger partial charge in [0.05, 0.1) is 6.61 Å². The number of hydrogen-bond acceptors (Lipinski definition) is 4. The lowest BCUT2D eigenvalue weighted by atomic mass is 9.96. The number of benzene rings is 2. The van der Waals surface area contributed by atoms with Gasteiger partial charge in [0, 0.05) is 24.1 Å². The van der Waals surface area contributed by atoms with Crippen molar-refractivity contribution < 1.29 is 19.1 Å². The number of carbonyl (C=O) groups excluding carboxylic acids is 2. The second kappa shape index (κ2) is 8.22. The Kier molecular flexibility index (Phi) is 5.26. The van der Waals surface area contributed by atoms with E-state index >= 15 is 0 Å². The molecule has 0 saturated carbocycles. The van der Waals surface area contributed by atoms with Gasteiger partial charge < -0.3 is 14.4 Å². The SMILES string of the molecule is CCOC(=O)C=C1CC2CCC(C1)N2C(=O)OCC1c2ccccc2-c2ccccc21. The molecular weight excluding hydrogens is 390 g/mol. The molecule has 2 fully saturated rings. The maximum atomic E-state index is 13.1. The minimum atomic E-state index is -0.286. The van der Waals surface area contributed by atoms with Crippen LogP contribution in [0.5, 0.6) is 0 Å². The number of ether oxygens (including phenoxy) is 2. The molecule has 3 aliphatic rings. The van der Waals surface area contributed by atoms with Crippen molar-refractivity contribution in [3.8, 4) is 11.1 Å². The molecule has 0 radical (unpaired) electrons. The molecule has 0 N–H and O–H groups in total. The first-order valence-electron chi connectivity index (χ1n) is 11.1. The molecule has 2 heterocycles. The molecule has 1 amide bonds. The molecule has 2 saturated heterocycles. The number of hydrogen-bond donors (Lipinski definition) is 0. The first kappa shape index (κ1) is 19.9. The van der Waals surface area contributed by atoms with E-state index in [0.717, 1.165) is 31.3 Å². The Morgan fingerprint density at radius 2 is 1.52 bits per heavy atom. The van der Waals surface area contributed by atoms with Crippen LogP contribution in [0.2, 0.25) is 0 Å². The summed E-state index contributed by atoms with van der Waals surface area (Å²) in [7, 11) is 0. The summed E-state index contributed by atoms with van der Waals surface area (Å²) in [5.74, 6) is -0.218. The highest BCUT2D eigenvalue weighted by Gasteiger charge is 2.42. The van der Waals surface area contributed by atoms with Crippen molar-refractivity contribution in [2.75, 3.05) is 13.2 Å². The van der Waals surface area contributed by atoms with Crippen molar-refractivity contribution in [3.63, 3.8) is 0 Å². The van der Waals surface area contributed by atoms with Gasteiger partial charge in [-0.05, 0) is 54.9 Å². The van der Waals surface area contributed by atoms with Gasteiger partial charge in [0.15, 0.2) is 0 Å². The Morgan fingerprint density at radius 3 is 2.10 bits per heavy atom. The molecule has 2 unspecified atom stereocenters. The number of esters is 1. The summed E-state index contributed by atoms with van der Waals surface area (Å²) in [4.78, 5) is 26.8. The van der Waals surface area contributed by atoms with Crippen LogP contribution >= 0.6 is 0 Å². The van der Waals surface area contributed by atoms with Gasteiger partial charge in [0.1, 0.15) is 6.61 Å². The van der Waals surface area contributed by atoms with Crippen molar-refractivity contribution in [3.05, 3.63) is 71.3 Å². The van der Waals surface area contributed by atoms with Crippen LogP contribution in [0, 0.1) is 0 Å². The summed E-state index contributed by atoms with van der Waals surface area (Å²) in [6, 6.07) is 16.9. The molecule has 0 aromatic heterocycles. The molecule has 2 atom stereocenters. The Balaban J connectivity index is 1.28. The third-order valence-corrected chi connectivity index (χ3v) is 6.77. The van der Waals surface area contributed by atoms with Crippen LogP contribution in [0.1, 0.15) is 49.7 Å². The normalized spacial score (nSPS) is 21.5. The van der Waals surface area contributed by atoms with E-state index in [1.165, 1.54) is 22.3 Å². The van der Waals surface area contributed by atoms with Gasteiger partial charge in [-0.1, -0.05) is 54.1 Å². The van der Waals surface area contributed by atoms with Crippen molar-refractivity contribution in [2.24, 2.45) is 0 Å². The Hall–Kier alpha value is -3.08. The molecule has 2 aromatic carbocycles. The third kappa shape index (κ3) is 3.62. The quantitative estimate of drug-likeness (QED) is 0.516. The highest BCUT2D eigenvalue weighted by molar-refractivity contribution is 5.83. The summed E-state index contributed by atoms with van der Waals surface area (Å²) in [6.45, 7) is 2.52. The number of nitrogens with zero attached hydrogens (tertiary/aromatic N) is 1. The van der Waals surface area contributed by atoms with E-state index in [0.29, 0.717) is 13.2 Å². The van der Waals surface area contributed by atoms with Crippen LogP contribution in [-0.2, 0) is 14.3 Å². The summed E-state index contributed by atoms with van der Waals surface area (Å²) in [6.07, 6.45) is 4.73. The fraction of sp³-hybridized carbons (Fsp3) is 0.385. The van der Waals surface area contributed by atoms with Gasteiger partial charge in [-0.2, -0.15) is 0 Å². The zero-order chi connectivity index (χ0) is 21.4. The Labute approximate surface area is 182 Å². The van der Waals surface area contributed by atoms with Crippen molar-refractivity contribution >= 4 is 12.1 Å². The number of piperidine rings is 1. The van der Waals surface area contributed by atoms with Crippen LogP contribution in [0.3, 0.4) is 0 Å². The maximum Gasteiger partial charge on any atom is 0.410 e. The average molecular weight is 418 g/mol. The van der Waals surface area contributed by atoms with E-state index in [4.69, 9.17) is 9.47 Å². The standard InChI is InChI=1S/C26H27NO4/c1-2-30-25(28)15-17-13-18-11-12-19(14-17)27(18)26(29)31-16-24-22-9-5-3-7-20(22)21-8-4-6-10-23(21)24/h3-10,15,18-19,24H,2,11-14,16H2,1H3. The number of amides is 1. The van der Waals surface area contributed by atoms with Crippen molar-refractivity contribution in [1.29, 1.82) is 0 Å². The largest absolute Gasteiger partial charge is 0.463 e. The van der Waals surface area contributed by atoms with Gasteiger partial charge in [-0.3, -0.25) is 0 Å². The molecule has 1 aliphatic carbocycles. The fourth-order valence-electron chi connectivity index (χ4n) is 5.49. The van der Waals surface area contributed by atoms with E-state index in [9.17, 15) is 9.59 Å². The molecule has 2 aromatic rings. The number of carbonyl (C=O) groups is 2. The summed E-state index contributed by atoms with van der Waals surface area (Å²) >= 11 is 0. The average Bonchev–Trinajstić information content (AvgIpc) is 3.24. The van der Waals surface area contributed by atoms with E-state index in [1.54, 1.807) is 13.0 Å². The monoisotopic (exact) mass is 417 g/mol. The summed E-state index contributed by atoms with van der Waals surface area (Å²) < 4.78 is 10.9. The van der Waals surface area contributed by atoms with Gasteiger partial charge in [-0.15, -0.1) is 0 Å². The fourth-order valence-corrected chi connectivity index (χ4v) is 5.49.